The van der Waals surface area contributed by atoms with Crippen LogP contribution in [0.1, 0.15) is 96.5 Å². The number of aromatic hydroxyl groups is 1. The van der Waals surface area contributed by atoms with E-state index < -0.39 is 0 Å². The van der Waals surface area contributed by atoms with Gasteiger partial charge in [-0.15, -0.1) is 0 Å². The lowest BCUT2D eigenvalue weighted by Gasteiger charge is -2.06. The van der Waals surface area contributed by atoms with Crippen molar-refractivity contribution in [3.8, 4) is 11.5 Å². The SMILES string of the molecule is CCCCCCCCCCCCCC(=O)N/N=C/c1ccc(O)c(OCC)c1. The van der Waals surface area contributed by atoms with Crippen LogP contribution in [0.5, 0.6) is 11.5 Å². The summed E-state index contributed by atoms with van der Waals surface area (Å²) in [5, 5.41) is 13.7. The molecule has 0 aliphatic carbocycles. The maximum atomic E-state index is 11.8. The van der Waals surface area contributed by atoms with Crippen LogP contribution >= 0.6 is 0 Å². The Kier molecular flexibility index (Phi) is 13.7. The molecule has 0 fully saturated rings. The van der Waals surface area contributed by atoms with Crippen LogP contribution in [-0.2, 0) is 4.79 Å². The van der Waals surface area contributed by atoms with Gasteiger partial charge in [0.25, 0.3) is 0 Å². The number of carbonyl (C=O) groups excluding carboxylic acids is 1. The molecule has 1 rings (SSSR count). The maximum Gasteiger partial charge on any atom is 0.240 e. The molecule has 0 saturated carbocycles. The second-order valence-electron chi connectivity index (χ2n) is 7.24. The molecule has 158 valence electrons. The summed E-state index contributed by atoms with van der Waals surface area (Å²) in [5.74, 6) is 0.453. The van der Waals surface area contributed by atoms with Gasteiger partial charge >= 0.3 is 0 Å². The second kappa shape index (κ2) is 16.0. The molecule has 0 aliphatic heterocycles. The van der Waals surface area contributed by atoms with Gasteiger partial charge in [0.2, 0.25) is 5.91 Å². The van der Waals surface area contributed by atoms with Crippen LogP contribution < -0.4 is 10.2 Å². The van der Waals surface area contributed by atoms with Crippen LogP contribution in [0.15, 0.2) is 23.3 Å². The Labute approximate surface area is 170 Å². The van der Waals surface area contributed by atoms with Gasteiger partial charge in [-0.2, -0.15) is 5.10 Å². The molecule has 0 atom stereocenters. The van der Waals surface area contributed by atoms with Crippen LogP contribution in [0.4, 0.5) is 0 Å². The zero-order chi connectivity index (χ0) is 20.5. The van der Waals surface area contributed by atoms with Crippen molar-refractivity contribution in [3.05, 3.63) is 23.8 Å². The summed E-state index contributed by atoms with van der Waals surface area (Å²) < 4.78 is 5.33. The number of phenolic OH excluding ortho intramolecular Hbond substituents is 1. The highest BCUT2D eigenvalue weighted by Gasteiger charge is 2.03. The number of carbonyl (C=O) groups is 1. The van der Waals surface area contributed by atoms with E-state index in [-0.39, 0.29) is 11.7 Å². The third-order valence-electron chi connectivity index (χ3n) is 4.69. The number of hydrazone groups is 1. The summed E-state index contributed by atoms with van der Waals surface area (Å²) in [6.45, 7) is 4.58. The van der Waals surface area contributed by atoms with E-state index in [0.717, 1.165) is 18.4 Å². The molecule has 0 spiro atoms. The smallest absolute Gasteiger partial charge is 0.240 e. The average molecular weight is 391 g/mol. The Hall–Kier alpha value is -2.04. The summed E-state index contributed by atoms with van der Waals surface area (Å²) in [5.41, 5.74) is 3.32. The fourth-order valence-corrected chi connectivity index (χ4v) is 3.07. The molecular weight excluding hydrogens is 352 g/mol. The monoisotopic (exact) mass is 390 g/mol. The topological polar surface area (TPSA) is 70.9 Å². The van der Waals surface area contributed by atoms with Crippen LogP contribution in [-0.4, -0.2) is 23.8 Å². The predicted molar refractivity (Wildman–Crippen MR) is 116 cm³/mol. The Morgan fingerprint density at radius 1 is 1.00 bits per heavy atom. The Bertz CT molecular complexity index is 573. The number of benzene rings is 1. The maximum absolute atomic E-state index is 11.8. The molecule has 5 heteroatoms. The van der Waals surface area contributed by atoms with Crippen molar-refractivity contribution >= 4 is 12.1 Å². The molecule has 1 amide bonds. The first kappa shape index (κ1) is 24.0. The zero-order valence-electron chi connectivity index (χ0n) is 17.7. The summed E-state index contributed by atoms with van der Waals surface area (Å²) in [7, 11) is 0. The quantitative estimate of drug-likeness (QED) is 0.208. The Balaban J connectivity index is 2.06. The van der Waals surface area contributed by atoms with Crippen molar-refractivity contribution in [1.29, 1.82) is 0 Å². The van der Waals surface area contributed by atoms with E-state index in [1.54, 1.807) is 24.4 Å². The lowest BCUT2D eigenvalue weighted by Crippen LogP contribution is -2.16. The molecule has 1 aromatic rings. The molecule has 28 heavy (non-hydrogen) atoms. The minimum Gasteiger partial charge on any atom is -0.504 e. The number of rotatable bonds is 16. The standard InChI is InChI=1S/C23H38N2O3/c1-3-5-6-7-8-9-10-11-12-13-14-15-23(27)25-24-19-20-16-17-21(26)22(18-20)28-4-2/h16-19,26H,3-15H2,1-2H3,(H,25,27)/b24-19+. The first-order valence-corrected chi connectivity index (χ1v) is 10.9. The fourth-order valence-electron chi connectivity index (χ4n) is 3.07. The second-order valence-corrected chi connectivity index (χ2v) is 7.24. The lowest BCUT2D eigenvalue weighted by molar-refractivity contribution is -0.121. The van der Waals surface area contributed by atoms with Gasteiger partial charge in [0.15, 0.2) is 11.5 Å². The molecule has 0 aromatic heterocycles. The number of hydrogen-bond acceptors (Lipinski definition) is 4. The van der Waals surface area contributed by atoms with Gasteiger partial charge in [0.05, 0.1) is 12.8 Å². The van der Waals surface area contributed by atoms with E-state index in [2.05, 4.69) is 17.5 Å². The molecule has 0 aliphatic rings. The average Bonchev–Trinajstić information content (AvgIpc) is 2.69. The number of phenols is 1. The third kappa shape index (κ3) is 11.6. The van der Waals surface area contributed by atoms with Gasteiger partial charge in [-0.3, -0.25) is 4.79 Å². The number of nitrogens with zero attached hydrogens (tertiary/aromatic N) is 1. The van der Waals surface area contributed by atoms with Gasteiger partial charge < -0.3 is 9.84 Å². The van der Waals surface area contributed by atoms with Crippen LogP contribution in [0.25, 0.3) is 0 Å². The molecule has 0 heterocycles. The van der Waals surface area contributed by atoms with Crippen molar-refractivity contribution < 1.29 is 14.6 Å². The van der Waals surface area contributed by atoms with Gasteiger partial charge in [-0.05, 0) is 37.1 Å². The van der Waals surface area contributed by atoms with E-state index in [9.17, 15) is 9.90 Å². The fraction of sp³-hybridized carbons (Fsp3) is 0.652. The largest absolute Gasteiger partial charge is 0.504 e. The highest BCUT2D eigenvalue weighted by Crippen LogP contribution is 2.26. The van der Waals surface area contributed by atoms with E-state index in [1.165, 1.54) is 57.8 Å². The molecule has 0 unspecified atom stereocenters. The van der Waals surface area contributed by atoms with Crippen molar-refractivity contribution in [2.75, 3.05) is 6.61 Å². The number of hydrogen-bond donors (Lipinski definition) is 2. The summed E-state index contributed by atoms with van der Waals surface area (Å²) in [6, 6.07) is 4.97. The van der Waals surface area contributed by atoms with Crippen LogP contribution in [0.2, 0.25) is 0 Å². The van der Waals surface area contributed by atoms with E-state index in [0.29, 0.717) is 18.8 Å². The molecule has 0 radical (unpaired) electrons. The van der Waals surface area contributed by atoms with Crippen molar-refractivity contribution in [3.63, 3.8) is 0 Å². The summed E-state index contributed by atoms with van der Waals surface area (Å²) in [6.07, 6.45) is 16.0. The minimum absolute atomic E-state index is 0.0593. The van der Waals surface area contributed by atoms with Crippen LogP contribution in [0, 0.1) is 0 Å². The number of amides is 1. The summed E-state index contributed by atoms with van der Waals surface area (Å²) >= 11 is 0. The molecule has 2 N–H and O–H groups in total. The van der Waals surface area contributed by atoms with Gasteiger partial charge in [0.1, 0.15) is 0 Å². The van der Waals surface area contributed by atoms with Crippen molar-refractivity contribution in [2.45, 2.75) is 90.9 Å². The first-order chi connectivity index (χ1) is 13.7. The normalized spacial score (nSPS) is 11.1. The molecular formula is C23H38N2O3. The number of nitrogens with one attached hydrogen (secondary N) is 1. The van der Waals surface area contributed by atoms with Gasteiger partial charge in [-0.25, -0.2) is 5.43 Å². The van der Waals surface area contributed by atoms with Crippen LogP contribution in [0.3, 0.4) is 0 Å². The molecule has 0 saturated heterocycles. The molecule has 1 aromatic carbocycles. The van der Waals surface area contributed by atoms with Gasteiger partial charge in [0, 0.05) is 6.42 Å². The molecule has 0 bridgehead atoms. The number of unbranched alkanes of at least 4 members (excludes halogenated alkanes) is 10. The Morgan fingerprint density at radius 3 is 2.21 bits per heavy atom. The first-order valence-electron chi connectivity index (χ1n) is 10.9. The van der Waals surface area contributed by atoms with Crippen molar-refractivity contribution in [1.82, 2.24) is 5.43 Å². The minimum atomic E-state index is -0.0593. The zero-order valence-corrected chi connectivity index (χ0v) is 17.7. The highest BCUT2D eigenvalue weighted by molar-refractivity contribution is 5.83. The van der Waals surface area contributed by atoms with Crippen molar-refractivity contribution in [2.24, 2.45) is 5.10 Å². The summed E-state index contributed by atoms with van der Waals surface area (Å²) in [4.78, 5) is 11.8. The molecule has 5 nitrogen and oxygen atoms in total. The third-order valence-corrected chi connectivity index (χ3v) is 4.69. The number of ether oxygens (including phenoxy) is 1. The van der Waals surface area contributed by atoms with E-state index >= 15 is 0 Å². The lowest BCUT2D eigenvalue weighted by atomic mass is 10.1. The van der Waals surface area contributed by atoms with E-state index in [1.807, 2.05) is 6.92 Å². The highest BCUT2D eigenvalue weighted by atomic mass is 16.5. The Morgan fingerprint density at radius 2 is 1.61 bits per heavy atom. The predicted octanol–water partition coefficient (Wildman–Crippen LogP) is 5.94. The van der Waals surface area contributed by atoms with Gasteiger partial charge in [-0.1, -0.05) is 71.1 Å². The van der Waals surface area contributed by atoms with E-state index in [4.69, 9.17) is 4.74 Å².